The van der Waals surface area contributed by atoms with Gasteiger partial charge < -0.3 is 14.2 Å². The predicted molar refractivity (Wildman–Crippen MR) is 288 cm³/mol. The number of rotatable bonds is 44. The van der Waals surface area contributed by atoms with Crippen LogP contribution in [0.1, 0.15) is 188 Å². The van der Waals surface area contributed by atoms with Gasteiger partial charge in [0, 0.05) is 19.3 Å². The molecule has 0 aliphatic carbocycles. The van der Waals surface area contributed by atoms with Crippen LogP contribution in [0.2, 0.25) is 0 Å². The van der Waals surface area contributed by atoms with Crippen LogP contribution < -0.4 is 0 Å². The van der Waals surface area contributed by atoms with Crippen LogP contribution in [-0.4, -0.2) is 37.2 Å². The van der Waals surface area contributed by atoms with Crippen molar-refractivity contribution in [1.29, 1.82) is 0 Å². The maximum Gasteiger partial charge on any atom is 0.306 e. The van der Waals surface area contributed by atoms with Crippen molar-refractivity contribution < 1.29 is 28.6 Å². The summed E-state index contributed by atoms with van der Waals surface area (Å²) in [6, 6.07) is 0. The normalized spacial score (nSPS) is 13.4. The third kappa shape index (κ3) is 51.9. The minimum absolute atomic E-state index is 0.133. The Morgan fingerprint density at radius 1 is 0.299 bits per heavy atom. The summed E-state index contributed by atoms with van der Waals surface area (Å²) in [6.07, 6.45) is 78.0. The van der Waals surface area contributed by atoms with E-state index in [2.05, 4.69) is 179 Å². The molecule has 0 spiro atoms. The predicted octanol–water partition coefficient (Wildman–Crippen LogP) is 17.4. The smallest absolute Gasteiger partial charge is 0.306 e. The van der Waals surface area contributed by atoms with Crippen molar-refractivity contribution in [2.24, 2.45) is 0 Å². The van der Waals surface area contributed by atoms with Gasteiger partial charge in [-0.15, -0.1) is 0 Å². The van der Waals surface area contributed by atoms with Crippen molar-refractivity contribution in [1.82, 2.24) is 0 Å². The summed E-state index contributed by atoms with van der Waals surface area (Å²) in [6.45, 7) is 6.16. The highest BCUT2D eigenvalue weighted by atomic mass is 16.6. The van der Waals surface area contributed by atoms with E-state index in [1.165, 1.54) is 0 Å². The molecule has 0 aromatic rings. The average molecular weight is 921 g/mol. The molecule has 0 aliphatic heterocycles. The summed E-state index contributed by atoms with van der Waals surface area (Å²) < 4.78 is 16.7. The van der Waals surface area contributed by atoms with Crippen LogP contribution in [-0.2, 0) is 28.6 Å². The molecule has 372 valence electrons. The Labute approximate surface area is 409 Å². The third-order valence-corrected chi connectivity index (χ3v) is 10.0. The number of hydrogen-bond donors (Lipinski definition) is 0. The first-order chi connectivity index (χ1) is 33.0. The van der Waals surface area contributed by atoms with Crippen molar-refractivity contribution in [3.8, 4) is 0 Å². The molecule has 0 N–H and O–H groups in total. The van der Waals surface area contributed by atoms with E-state index in [-0.39, 0.29) is 44.0 Å². The number of unbranched alkanes of at least 4 members (excludes halogenated alkanes) is 7. The van der Waals surface area contributed by atoms with Crippen molar-refractivity contribution in [2.75, 3.05) is 13.2 Å². The summed E-state index contributed by atoms with van der Waals surface area (Å²) >= 11 is 0. The zero-order chi connectivity index (χ0) is 48.6. The molecule has 0 radical (unpaired) electrons. The van der Waals surface area contributed by atoms with Gasteiger partial charge in [-0.1, -0.05) is 185 Å². The minimum Gasteiger partial charge on any atom is -0.462 e. The minimum atomic E-state index is -0.838. The number of ether oxygens (including phenoxy) is 3. The Morgan fingerprint density at radius 3 is 0.836 bits per heavy atom. The molecule has 0 amide bonds. The van der Waals surface area contributed by atoms with Crippen LogP contribution >= 0.6 is 0 Å². The lowest BCUT2D eigenvalue weighted by Gasteiger charge is -2.18. The Morgan fingerprint density at radius 2 is 0.537 bits per heavy atom. The monoisotopic (exact) mass is 921 g/mol. The van der Waals surface area contributed by atoms with E-state index in [0.717, 1.165) is 135 Å². The summed E-state index contributed by atoms with van der Waals surface area (Å²) in [5.74, 6) is -1.06. The van der Waals surface area contributed by atoms with E-state index in [4.69, 9.17) is 14.2 Å². The fraction of sp³-hybridized carbons (Fsp3) is 0.525. The van der Waals surface area contributed by atoms with Crippen LogP contribution in [0, 0.1) is 0 Å². The molecule has 0 unspecified atom stereocenters. The van der Waals surface area contributed by atoms with Gasteiger partial charge in [0.1, 0.15) is 13.2 Å². The molecule has 1 atom stereocenters. The van der Waals surface area contributed by atoms with E-state index < -0.39 is 6.10 Å². The van der Waals surface area contributed by atoms with Gasteiger partial charge in [-0.25, -0.2) is 0 Å². The fourth-order valence-corrected chi connectivity index (χ4v) is 6.21. The van der Waals surface area contributed by atoms with Gasteiger partial charge >= 0.3 is 17.9 Å². The fourth-order valence-electron chi connectivity index (χ4n) is 6.21. The van der Waals surface area contributed by atoms with Gasteiger partial charge in [0.15, 0.2) is 6.10 Å². The molecule has 67 heavy (non-hydrogen) atoms. The van der Waals surface area contributed by atoms with Crippen molar-refractivity contribution in [3.05, 3.63) is 158 Å². The molecule has 0 heterocycles. The molecule has 0 aliphatic rings. The summed E-state index contributed by atoms with van der Waals surface area (Å²) in [5.41, 5.74) is 0. The lowest BCUT2D eigenvalue weighted by atomic mass is 10.1. The second-order valence-electron chi connectivity index (χ2n) is 16.3. The van der Waals surface area contributed by atoms with Gasteiger partial charge in [-0.2, -0.15) is 0 Å². The molecular weight excluding hydrogens is 829 g/mol. The number of carbonyl (C=O) groups excluding carboxylic acids is 3. The molecule has 0 saturated carbocycles. The van der Waals surface area contributed by atoms with E-state index in [0.29, 0.717) is 19.3 Å². The first kappa shape index (κ1) is 62.0. The quantitative estimate of drug-likeness (QED) is 0.0262. The van der Waals surface area contributed by atoms with Gasteiger partial charge in [-0.05, 0) is 141 Å². The molecule has 0 bridgehead atoms. The van der Waals surface area contributed by atoms with Crippen LogP contribution in [0.25, 0.3) is 0 Å². The van der Waals surface area contributed by atoms with Gasteiger partial charge in [0.25, 0.3) is 0 Å². The highest BCUT2D eigenvalue weighted by Crippen LogP contribution is 2.10. The van der Waals surface area contributed by atoms with Crippen molar-refractivity contribution >= 4 is 17.9 Å². The zero-order valence-electron chi connectivity index (χ0n) is 42.3. The lowest BCUT2D eigenvalue weighted by molar-refractivity contribution is -0.167. The molecule has 6 nitrogen and oxygen atoms in total. The summed E-state index contributed by atoms with van der Waals surface area (Å²) in [4.78, 5) is 38.0. The van der Waals surface area contributed by atoms with Crippen LogP contribution in [0.3, 0.4) is 0 Å². The van der Waals surface area contributed by atoms with Crippen molar-refractivity contribution in [2.45, 2.75) is 194 Å². The molecule has 0 aromatic carbocycles. The molecule has 0 fully saturated rings. The Hall–Kier alpha value is -4.97. The molecule has 0 saturated heterocycles. The highest BCUT2D eigenvalue weighted by Gasteiger charge is 2.19. The standard InChI is InChI=1S/C61H92O6/c1-4-7-10-13-16-19-22-25-28-29-30-31-34-36-39-42-45-48-51-54-60(63)66-57-58(67-61(64)55-52-49-46-43-40-37-33-27-24-21-18-15-12-9-6-3)56-65-59(62)53-50-47-44-41-38-35-32-26-23-20-17-14-11-8-5-2/h7-12,16-21,25-28,30-33,36,38-41,43,58H,4-6,13-15,22-24,29,34-35,37,42,44-57H2,1-3H3/b10-7-,11-8-,12-9-,19-16-,20-17-,21-18-,28-25-,31-30-,32-26-,33-27-,39-36-,41-38-,43-40-/t58-/m0/s1. The third-order valence-electron chi connectivity index (χ3n) is 10.0. The van der Waals surface area contributed by atoms with E-state index in [9.17, 15) is 14.4 Å². The Kier molecular flexibility index (Phi) is 49.7. The van der Waals surface area contributed by atoms with Crippen LogP contribution in [0.5, 0.6) is 0 Å². The second kappa shape index (κ2) is 53.6. The van der Waals surface area contributed by atoms with Crippen LogP contribution in [0.4, 0.5) is 0 Å². The highest BCUT2D eigenvalue weighted by molar-refractivity contribution is 5.71. The summed E-state index contributed by atoms with van der Waals surface area (Å²) in [5, 5.41) is 0. The van der Waals surface area contributed by atoms with E-state index >= 15 is 0 Å². The zero-order valence-corrected chi connectivity index (χ0v) is 42.3. The SMILES string of the molecule is CC/C=C\C/C=C\C/C=C\C/C=C\C/C=C\CCCCCC(=O)OC[C@H](COC(=O)CCCC/C=C\C/C=C\C/C=C\C/C=C\CC)OC(=O)CCCC/C=C\C/C=C\C/C=C\C/C=C\CC. The number of carbonyl (C=O) groups is 3. The first-order valence-electron chi connectivity index (χ1n) is 26.0. The largest absolute Gasteiger partial charge is 0.462 e. The van der Waals surface area contributed by atoms with Gasteiger partial charge in [-0.3, -0.25) is 14.4 Å². The Balaban J connectivity index is 4.61. The number of allylic oxidation sites excluding steroid dienone is 26. The summed E-state index contributed by atoms with van der Waals surface area (Å²) in [7, 11) is 0. The topological polar surface area (TPSA) is 78.9 Å². The molecule has 0 aromatic heterocycles. The lowest BCUT2D eigenvalue weighted by Crippen LogP contribution is -2.30. The second-order valence-corrected chi connectivity index (χ2v) is 16.3. The van der Waals surface area contributed by atoms with Gasteiger partial charge in [0.05, 0.1) is 0 Å². The van der Waals surface area contributed by atoms with Gasteiger partial charge in [0.2, 0.25) is 0 Å². The molecular formula is C61H92O6. The van der Waals surface area contributed by atoms with Crippen LogP contribution in [0.15, 0.2) is 158 Å². The van der Waals surface area contributed by atoms with E-state index in [1.807, 2.05) is 0 Å². The first-order valence-corrected chi connectivity index (χ1v) is 26.0. The van der Waals surface area contributed by atoms with Crippen molar-refractivity contribution in [3.63, 3.8) is 0 Å². The maximum absolute atomic E-state index is 12.8. The molecule has 0 rings (SSSR count). The Bertz CT molecular complexity index is 1570. The number of hydrogen-bond acceptors (Lipinski definition) is 6. The molecule has 6 heteroatoms. The maximum atomic E-state index is 12.8. The van der Waals surface area contributed by atoms with E-state index in [1.54, 1.807) is 0 Å². The average Bonchev–Trinajstić information content (AvgIpc) is 3.33. The number of esters is 3.